The van der Waals surface area contributed by atoms with Crippen LogP contribution in [-0.4, -0.2) is 20.1 Å². The van der Waals surface area contributed by atoms with E-state index in [-0.39, 0.29) is 5.91 Å². The molecule has 0 radical (unpaired) electrons. The maximum absolute atomic E-state index is 13.0. The predicted octanol–water partition coefficient (Wildman–Crippen LogP) is 5.08. The lowest BCUT2D eigenvalue weighted by Gasteiger charge is -2.21. The minimum Gasteiger partial charge on any atom is -0.493 e. The normalized spacial score (nSPS) is 10.6. The molecule has 4 heteroatoms. The van der Waals surface area contributed by atoms with Crippen LogP contribution in [0.1, 0.15) is 5.56 Å². The van der Waals surface area contributed by atoms with Crippen molar-refractivity contribution in [3.63, 3.8) is 0 Å². The molecule has 0 aromatic heterocycles. The fourth-order valence-electron chi connectivity index (χ4n) is 2.84. The highest BCUT2D eigenvalue weighted by Crippen LogP contribution is 2.32. The van der Waals surface area contributed by atoms with Crippen LogP contribution in [-0.2, 0) is 4.79 Å². The van der Waals surface area contributed by atoms with Gasteiger partial charge in [0.05, 0.1) is 14.2 Å². The second kappa shape index (κ2) is 8.72. The third-order valence-corrected chi connectivity index (χ3v) is 4.09. The van der Waals surface area contributed by atoms with Crippen molar-refractivity contribution in [2.45, 2.75) is 0 Å². The van der Waals surface area contributed by atoms with Crippen LogP contribution in [0.25, 0.3) is 6.08 Å². The number of ether oxygens (including phenoxy) is 2. The Hall–Kier alpha value is -3.53. The molecule has 1 amide bonds. The maximum Gasteiger partial charge on any atom is 0.255 e. The first-order valence-electron chi connectivity index (χ1n) is 8.58. The summed E-state index contributed by atoms with van der Waals surface area (Å²) in [5.74, 6) is 1.06. The fraction of sp³-hybridized carbons (Fsp3) is 0.0870. The van der Waals surface area contributed by atoms with E-state index in [1.165, 1.54) is 6.08 Å². The summed E-state index contributed by atoms with van der Waals surface area (Å²) in [6.45, 7) is 0. The van der Waals surface area contributed by atoms with Crippen molar-refractivity contribution >= 4 is 23.4 Å². The molecule has 0 atom stereocenters. The molecule has 0 aliphatic heterocycles. The summed E-state index contributed by atoms with van der Waals surface area (Å²) in [6.07, 6.45) is 3.28. The molecule has 0 fully saturated rings. The third-order valence-electron chi connectivity index (χ3n) is 4.09. The highest BCUT2D eigenvalue weighted by atomic mass is 16.5. The summed E-state index contributed by atoms with van der Waals surface area (Å²) in [7, 11) is 3.17. The van der Waals surface area contributed by atoms with Crippen molar-refractivity contribution in [3.05, 3.63) is 90.5 Å². The SMILES string of the molecule is COc1cccc(C=CC(=O)N(c2ccccc2)c2ccccc2)c1OC. The lowest BCUT2D eigenvalue weighted by Crippen LogP contribution is -2.23. The number of nitrogens with zero attached hydrogens (tertiary/aromatic N) is 1. The van der Waals surface area contributed by atoms with Crippen LogP contribution >= 0.6 is 0 Å². The van der Waals surface area contributed by atoms with Gasteiger partial charge >= 0.3 is 0 Å². The summed E-state index contributed by atoms with van der Waals surface area (Å²) in [5, 5.41) is 0. The lowest BCUT2D eigenvalue weighted by molar-refractivity contribution is -0.113. The van der Waals surface area contributed by atoms with Gasteiger partial charge in [-0.05, 0) is 36.4 Å². The number of benzene rings is 3. The van der Waals surface area contributed by atoms with Crippen molar-refractivity contribution in [1.82, 2.24) is 0 Å². The summed E-state index contributed by atoms with van der Waals surface area (Å²) >= 11 is 0. The summed E-state index contributed by atoms with van der Waals surface area (Å²) in [4.78, 5) is 14.7. The van der Waals surface area contributed by atoms with Gasteiger partial charge in [0.15, 0.2) is 11.5 Å². The van der Waals surface area contributed by atoms with Crippen LogP contribution in [0.3, 0.4) is 0 Å². The Kier molecular flexibility index (Phi) is 5.90. The Morgan fingerprint density at radius 2 is 1.37 bits per heavy atom. The molecule has 4 nitrogen and oxygen atoms in total. The van der Waals surface area contributed by atoms with E-state index in [9.17, 15) is 4.79 Å². The molecule has 3 aromatic rings. The predicted molar refractivity (Wildman–Crippen MR) is 109 cm³/mol. The largest absolute Gasteiger partial charge is 0.493 e. The number of hydrogen-bond acceptors (Lipinski definition) is 3. The number of methoxy groups -OCH3 is 2. The number of carbonyl (C=O) groups excluding carboxylic acids is 1. The van der Waals surface area contributed by atoms with E-state index in [1.807, 2.05) is 78.9 Å². The van der Waals surface area contributed by atoms with Crippen LogP contribution in [0.4, 0.5) is 11.4 Å². The van der Waals surface area contributed by atoms with E-state index in [4.69, 9.17) is 9.47 Å². The van der Waals surface area contributed by atoms with Gasteiger partial charge in [-0.25, -0.2) is 0 Å². The number of rotatable bonds is 6. The fourth-order valence-corrected chi connectivity index (χ4v) is 2.84. The van der Waals surface area contributed by atoms with Crippen molar-refractivity contribution in [3.8, 4) is 11.5 Å². The van der Waals surface area contributed by atoms with Gasteiger partial charge in [-0.2, -0.15) is 0 Å². The highest BCUT2D eigenvalue weighted by Gasteiger charge is 2.15. The zero-order valence-corrected chi connectivity index (χ0v) is 15.3. The monoisotopic (exact) mass is 359 g/mol. The van der Waals surface area contributed by atoms with Crippen LogP contribution < -0.4 is 14.4 Å². The van der Waals surface area contributed by atoms with Gasteiger partial charge in [0.2, 0.25) is 0 Å². The summed E-state index contributed by atoms with van der Waals surface area (Å²) in [6, 6.07) is 24.7. The van der Waals surface area contributed by atoms with Crippen molar-refractivity contribution < 1.29 is 14.3 Å². The van der Waals surface area contributed by atoms with E-state index in [0.29, 0.717) is 11.5 Å². The van der Waals surface area contributed by atoms with Gasteiger partial charge in [-0.15, -0.1) is 0 Å². The molecule has 0 N–H and O–H groups in total. The number of anilines is 2. The number of carbonyl (C=O) groups is 1. The Morgan fingerprint density at radius 1 is 0.778 bits per heavy atom. The number of amides is 1. The summed E-state index contributed by atoms with van der Waals surface area (Å²) in [5.41, 5.74) is 2.37. The standard InChI is InChI=1S/C23H21NO3/c1-26-21-15-9-10-18(23(21)27-2)16-17-22(25)24(19-11-5-3-6-12-19)20-13-7-4-8-14-20/h3-17H,1-2H3. The molecule has 0 spiro atoms. The lowest BCUT2D eigenvalue weighted by atomic mass is 10.1. The molecule has 0 bridgehead atoms. The van der Waals surface area contributed by atoms with Crippen molar-refractivity contribution in [2.24, 2.45) is 0 Å². The molecule has 3 rings (SSSR count). The second-order valence-electron chi connectivity index (χ2n) is 5.76. The average Bonchev–Trinajstić information content (AvgIpc) is 2.73. The van der Waals surface area contributed by atoms with Gasteiger partial charge in [-0.1, -0.05) is 48.5 Å². The van der Waals surface area contributed by atoms with Crippen LogP contribution in [0.5, 0.6) is 11.5 Å². The smallest absolute Gasteiger partial charge is 0.255 e. The van der Waals surface area contributed by atoms with Crippen LogP contribution in [0.2, 0.25) is 0 Å². The van der Waals surface area contributed by atoms with Gasteiger partial charge in [-0.3, -0.25) is 9.69 Å². The number of hydrogen-bond donors (Lipinski definition) is 0. The van der Waals surface area contributed by atoms with E-state index in [0.717, 1.165) is 16.9 Å². The topological polar surface area (TPSA) is 38.8 Å². The second-order valence-corrected chi connectivity index (χ2v) is 5.76. The van der Waals surface area contributed by atoms with Crippen molar-refractivity contribution in [2.75, 3.05) is 19.1 Å². The molecule has 0 aliphatic rings. The van der Waals surface area contributed by atoms with Gasteiger partial charge in [0, 0.05) is 23.0 Å². The van der Waals surface area contributed by atoms with Gasteiger partial charge < -0.3 is 9.47 Å². The molecular weight excluding hydrogens is 338 g/mol. The van der Waals surface area contributed by atoms with E-state index >= 15 is 0 Å². The average molecular weight is 359 g/mol. The molecule has 0 saturated heterocycles. The quantitative estimate of drug-likeness (QED) is 0.576. The van der Waals surface area contributed by atoms with E-state index in [1.54, 1.807) is 25.2 Å². The van der Waals surface area contributed by atoms with Crippen LogP contribution in [0.15, 0.2) is 84.9 Å². The molecule has 27 heavy (non-hydrogen) atoms. The van der Waals surface area contributed by atoms with Gasteiger partial charge in [0.25, 0.3) is 5.91 Å². The molecule has 0 heterocycles. The Bertz CT molecular complexity index is 881. The van der Waals surface area contributed by atoms with Crippen LogP contribution in [0, 0.1) is 0 Å². The molecular formula is C23H21NO3. The molecule has 0 saturated carbocycles. The van der Waals surface area contributed by atoms with Gasteiger partial charge in [0.1, 0.15) is 0 Å². The molecule has 3 aromatic carbocycles. The summed E-state index contributed by atoms with van der Waals surface area (Å²) < 4.78 is 10.7. The highest BCUT2D eigenvalue weighted by molar-refractivity contribution is 6.09. The van der Waals surface area contributed by atoms with Crippen molar-refractivity contribution in [1.29, 1.82) is 0 Å². The Morgan fingerprint density at radius 3 is 1.89 bits per heavy atom. The van der Waals surface area contributed by atoms with E-state index < -0.39 is 0 Å². The first-order chi connectivity index (χ1) is 13.2. The molecule has 136 valence electrons. The maximum atomic E-state index is 13.0. The third kappa shape index (κ3) is 4.18. The first-order valence-corrected chi connectivity index (χ1v) is 8.58. The minimum absolute atomic E-state index is 0.155. The zero-order valence-electron chi connectivity index (χ0n) is 15.3. The minimum atomic E-state index is -0.155. The number of para-hydroxylation sites is 3. The first kappa shape index (κ1) is 18.3. The molecule has 0 aliphatic carbocycles. The zero-order chi connectivity index (χ0) is 19.1. The molecule has 0 unspecified atom stereocenters. The Balaban J connectivity index is 1.96. The van der Waals surface area contributed by atoms with E-state index in [2.05, 4.69) is 0 Å². The Labute approximate surface area is 159 Å².